The minimum atomic E-state index is -0.371. The number of fused-ring (bicyclic) bond motifs is 1. The zero-order valence-electron chi connectivity index (χ0n) is 20.6. The number of carbonyl (C=O) groups is 2. The van der Waals surface area contributed by atoms with Crippen LogP contribution in [0.5, 0.6) is 0 Å². The molecule has 2 aliphatic carbocycles. The second kappa shape index (κ2) is 10.3. The van der Waals surface area contributed by atoms with Crippen molar-refractivity contribution in [2.75, 3.05) is 5.32 Å². The van der Waals surface area contributed by atoms with Gasteiger partial charge < -0.3 is 9.73 Å². The second-order valence-corrected chi connectivity index (χ2v) is 10.2. The van der Waals surface area contributed by atoms with Gasteiger partial charge in [-0.3, -0.25) is 14.7 Å². The predicted molar refractivity (Wildman–Crippen MR) is 151 cm³/mol. The van der Waals surface area contributed by atoms with Crippen LogP contribution >= 0.6 is 12.2 Å². The van der Waals surface area contributed by atoms with E-state index in [1.54, 1.807) is 12.3 Å². The molecule has 1 fully saturated rings. The number of hydrogen-bond acceptors (Lipinski definition) is 6. The summed E-state index contributed by atoms with van der Waals surface area (Å²) in [6, 6.07) is 15.1. The van der Waals surface area contributed by atoms with Gasteiger partial charge in [0.2, 0.25) is 11.8 Å². The Labute approximate surface area is 225 Å². The molecular weight excluding hydrogens is 496 g/mol. The predicted octanol–water partition coefficient (Wildman–Crippen LogP) is 6.46. The number of Topliss-reactive ketones (excluding diaryl/α,β-unsaturated/α-hetero) is 1. The SMILES string of the molecule is O=C(C1=CC=CCC1=S)[C@H]1CCCC[C@H]1C(=O)Nc1ccc(-c2[nH]ncc2-c2nc3ccccc3o2)cc1. The van der Waals surface area contributed by atoms with Gasteiger partial charge in [0.15, 0.2) is 11.4 Å². The minimum Gasteiger partial charge on any atom is -0.436 e. The lowest BCUT2D eigenvalue weighted by atomic mass is 9.74. The van der Waals surface area contributed by atoms with Crippen molar-refractivity contribution in [1.29, 1.82) is 0 Å². The van der Waals surface area contributed by atoms with Crippen LogP contribution < -0.4 is 5.32 Å². The minimum absolute atomic E-state index is 0.000480. The molecule has 2 aliphatic rings. The average molecular weight is 523 g/mol. The van der Waals surface area contributed by atoms with Crippen LogP contribution in [0.25, 0.3) is 33.8 Å². The van der Waals surface area contributed by atoms with Gasteiger partial charge in [0.25, 0.3) is 0 Å². The summed E-state index contributed by atoms with van der Waals surface area (Å²) in [5, 5.41) is 10.3. The van der Waals surface area contributed by atoms with Crippen LogP contribution in [0.4, 0.5) is 5.69 Å². The number of amides is 1. The Kier molecular flexibility index (Phi) is 6.55. The summed E-state index contributed by atoms with van der Waals surface area (Å²) in [5.74, 6) is -0.349. The Morgan fingerprint density at radius 3 is 2.61 bits per heavy atom. The van der Waals surface area contributed by atoms with Crippen LogP contribution in [-0.4, -0.2) is 31.7 Å². The maximum absolute atomic E-state index is 13.3. The van der Waals surface area contributed by atoms with Crippen LogP contribution in [0, 0.1) is 11.8 Å². The number of thiocarbonyl (C=S) groups is 1. The molecule has 0 spiro atoms. The van der Waals surface area contributed by atoms with E-state index in [1.807, 2.05) is 60.7 Å². The number of carbonyl (C=O) groups excluding carboxylic acids is 2. The van der Waals surface area contributed by atoms with Gasteiger partial charge in [-0.05, 0) is 37.1 Å². The molecule has 4 aromatic rings. The Morgan fingerprint density at radius 1 is 1.03 bits per heavy atom. The van der Waals surface area contributed by atoms with Gasteiger partial charge in [0, 0.05) is 39.9 Å². The molecule has 2 heterocycles. The van der Waals surface area contributed by atoms with Gasteiger partial charge in [-0.1, -0.05) is 67.6 Å². The van der Waals surface area contributed by atoms with E-state index in [0.717, 1.165) is 35.2 Å². The smallest absolute Gasteiger partial charge is 0.231 e. The van der Waals surface area contributed by atoms with Crippen molar-refractivity contribution in [3.05, 3.63) is 78.5 Å². The molecule has 38 heavy (non-hydrogen) atoms. The normalized spacial score (nSPS) is 19.4. The molecule has 0 bridgehead atoms. The summed E-state index contributed by atoms with van der Waals surface area (Å²) in [7, 11) is 0. The van der Waals surface area contributed by atoms with Gasteiger partial charge in [0.1, 0.15) is 5.52 Å². The number of nitrogens with one attached hydrogen (secondary N) is 2. The first kappa shape index (κ1) is 24.2. The molecule has 2 atom stereocenters. The summed E-state index contributed by atoms with van der Waals surface area (Å²) in [6.45, 7) is 0. The average Bonchev–Trinajstić information content (AvgIpc) is 3.61. The number of benzene rings is 2. The fourth-order valence-corrected chi connectivity index (χ4v) is 5.60. The number of allylic oxidation sites excluding steroid dienone is 4. The first-order valence-corrected chi connectivity index (χ1v) is 13.2. The lowest BCUT2D eigenvalue weighted by Crippen LogP contribution is -2.37. The van der Waals surface area contributed by atoms with Crippen molar-refractivity contribution in [2.24, 2.45) is 11.8 Å². The highest BCUT2D eigenvalue weighted by atomic mass is 32.1. The number of nitrogens with zero attached hydrogens (tertiary/aromatic N) is 2. The van der Waals surface area contributed by atoms with E-state index in [2.05, 4.69) is 20.5 Å². The summed E-state index contributed by atoms with van der Waals surface area (Å²) >= 11 is 5.43. The number of aromatic nitrogens is 3. The van der Waals surface area contributed by atoms with Crippen molar-refractivity contribution < 1.29 is 14.0 Å². The molecule has 190 valence electrons. The molecule has 2 N–H and O–H groups in total. The fraction of sp³-hybridized carbons (Fsp3) is 0.233. The first-order valence-electron chi connectivity index (χ1n) is 12.8. The quantitative estimate of drug-likeness (QED) is 0.282. The number of anilines is 1. The van der Waals surface area contributed by atoms with E-state index in [0.29, 0.717) is 46.9 Å². The maximum Gasteiger partial charge on any atom is 0.231 e. The fourth-order valence-electron chi connectivity index (χ4n) is 5.33. The highest BCUT2D eigenvalue weighted by Crippen LogP contribution is 2.35. The Bertz CT molecular complexity index is 1560. The third-order valence-corrected chi connectivity index (χ3v) is 7.70. The van der Waals surface area contributed by atoms with E-state index in [-0.39, 0.29) is 23.5 Å². The van der Waals surface area contributed by atoms with Crippen molar-refractivity contribution in [3.63, 3.8) is 0 Å². The molecule has 6 rings (SSSR count). The first-order chi connectivity index (χ1) is 18.6. The third-order valence-electron chi connectivity index (χ3n) is 7.31. The van der Waals surface area contributed by atoms with Crippen LogP contribution in [0.3, 0.4) is 0 Å². The molecule has 0 saturated heterocycles. The molecule has 7 nitrogen and oxygen atoms in total. The monoisotopic (exact) mass is 522 g/mol. The van der Waals surface area contributed by atoms with Gasteiger partial charge in [-0.15, -0.1) is 0 Å². The van der Waals surface area contributed by atoms with Gasteiger partial charge in [-0.25, -0.2) is 4.98 Å². The van der Waals surface area contributed by atoms with Crippen LogP contribution in [0.15, 0.2) is 82.9 Å². The molecule has 2 aromatic carbocycles. The Morgan fingerprint density at radius 2 is 1.82 bits per heavy atom. The molecule has 0 unspecified atom stereocenters. The summed E-state index contributed by atoms with van der Waals surface area (Å²) in [4.78, 5) is 31.9. The molecule has 2 aromatic heterocycles. The third kappa shape index (κ3) is 4.63. The molecular formula is C30H26N4O3S. The van der Waals surface area contributed by atoms with Gasteiger partial charge >= 0.3 is 0 Å². The molecule has 0 radical (unpaired) electrons. The molecule has 8 heteroatoms. The summed E-state index contributed by atoms with van der Waals surface area (Å²) < 4.78 is 5.93. The van der Waals surface area contributed by atoms with E-state index < -0.39 is 0 Å². The van der Waals surface area contributed by atoms with Crippen molar-refractivity contribution >= 4 is 45.6 Å². The van der Waals surface area contributed by atoms with Crippen LogP contribution in [-0.2, 0) is 9.59 Å². The number of para-hydroxylation sites is 2. The highest BCUT2D eigenvalue weighted by molar-refractivity contribution is 7.81. The van der Waals surface area contributed by atoms with E-state index in [9.17, 15) is 9.59 Å². The lowest BCUT2D eigenvalue weighted by molar-refractivity contribution is -0.130. The number of oxazole rings is 1. The zero-order chi connectivity index (χ0) is 26.1. The van der Waals surface area contributed by atoms with E-state index in [4.69, 9.17) is 16.6 Å². The lowest BCUT2D eigenvalue weighted by Gasteiger charge is -2.30. The summed E-state index contributed by atoms with van der Waals surface area (Å²) in [6.07, 6.45) is 11.2. The summed E-state index contributed by atoms with van der Waals surface area (Å²) in [5.41, 5.74) is 5.17. The Balaban J connectivity index is 1.19. The number of ketones is 1. The topological polar surface area (TPSA) is 101 Å². The van der Waals surface area contributed by atoms with E-state index >= 15 is 0 Å². The van der Waals surface area contributed by atoms with Gasteiger partial charge in [-0.2, -0.15) is 5.10 Å². The highest BCUT2D eigenvalue weighted by Gasteiger charge is 2.37. The molecule has 1 saturated carbocycles. The largest absolute Gasteiger partial charge is 0.436 e. The number of hydrogen-bond donors (Lipinski definition) is 2. The standard InChI is InChI=1S/C30H26N4O3S/c35-28(22-9-3-6-12-26(22)38)20-7-1-2-8-21(20)29(36)32-19-15-13-18(14-16-19)27-23(17-31-34-27)30-33-24-10-4-5-11-25(24)37-30/h3-6,9-11,13-17,20-21H,1-2,7-8,12H2,(H,31,34)(H,32,36)/t20-,21+/m0/s1. The molecule has 1 amide bonds. The second-order valence-electron chi connectivity index (χ2n) is 9.71. The molecule has 0 aliphatic heterocycles. The van der Waals surface area contributed by atoms with Crippen molar-refractivity contribution in [1.82, 2.24) is 15.2 Å². The van der Waals surface area contributed by atoms with Crippen LogP contribution in [0.1, 0.15) is 32.1 Å². The van der Waals surface area contributed by atoms with E-state index in [1.165, 1.54) is 0 Å². The zero-order valence-corrected chi connectivity index (χ0v) is 21.5. The van der Waals surface area contributed by atoms with Crippen molar-refractivity contribution in [3.8, 4) is 22.7 Å². The Hall–Kier alpha value is -4.17. The van der Waals surface area contributed by atoms with Crippen LogP contribution in [0.2, 0.25) is 0 Å². The number of H-pyrrole nitrogens is 1. The number of rotatable bonds is 6. The van der Waals surface area contributed by atoms with Gasteiger partial charge in [0.05, 0.1) is 17.5 Å². The number of aromatic amines is 1. The van der Waals surface area contributed by atoms with Crippen molar-refractivity contribution in [2.45, 2.75) is 32.1 Å². The maximum atomic E-state index is 13.3.